The Hall–Kier alpha value is -0.970. The van der Waals surface area contributed by atoms with Gasteiger partial charge in [-0.3, -0.25) is 4.79 Å². The van der Waals surface area contributed by atoms with Crippen molar-refractivity contribution >= 4 is 29.1 Å². The van der Waals surface area contributed by atoms with Crippen LogP contribution in [0, 0.1) is 0 Å². The molecular formula is C12H13Cl2NO3. The molecule has 1 aromatic carbocycles. The molecule has 0 saturated carbocycles. The van der Waals surface area contributed by atoms with Crippen LogP contribution >= 0.6 is 23.2 Å². The number of rotatable bonds is 3. The third-order valence-electron chi connectivity index (χ3n) is 2.56. The minimum Gasteiger partial charge on any atom is -0.484 e. The van der Waals surface area contributed by atoms with E-state index >= 15 is 0 Å². The second-order valence-electron chi connectivity index (χ2n) is 3.89. The van der Waals surface area contributed by atoms with Crippen molar-refractivity contribution in [3.8, 4) is 5.75 Å². The van der Waals surface area contributed by atoms with E-state index in [-0.39, 0.29) is 12.5 Å². The maximum Gasteiger partial charge on any atom is 0.260 e. The van der Waals surface area contributed by atoms with Crippen LogP contribution in [0.15, 0.2) is 18.2 Å². The van der Waals surface area contributed by atoms with Crippen LogP contribution in [0.5, 0.6) is 5.75 Å². The molecule has 1 heterocycles. The summed E-state index contributed by atoms with van der Waals surface area (Å²) in [6.07, 6.45) is 0. The topological polar surface area (TPSA) is 38.8 Å². The molecule has 1 saturated heterocycles. The Morgan fingerprint density at radius 2 is 1.83 bits per heavy atom. The van der Waals surface area contributed by atoms with Crippen molar-refractivity contribution in [2.75, 3.05) is 32.9 Å². The third kappa shape index (κ3) is 3.77. The zero-order chi connectivity index (χ0) is 13.0. The van der Waals surface area contributed by atoms with Gasteiger partial charge in [-0.25, -0.2) is 0 Å². The van der Waals surface area contributed by atoms with Gasteiger partial charge in [0.15, 0.2) is 6.61 Å². The molecule has 0 radical (unpaired) electrons. The van der Waals surface area contributed by atoms with Crippen LogP contribution in [0.2, 0.25) is 10.0 Å². The molecule has 6 heteroatoms. The minimum absolute atomic E-state index is 0.0172. The molecule has 0 N–H and O–H groups in total. The van der Waals surface area contributed by atoms with Gasteiger partial charge in [0.05, 0.1) is 13.2 Å². The number of carbonyl (C=O) groups is 1. The van der Waals surface area contributed by atoms with E-state index in [0.717, 1.165) is 0 Å². The molecular weight excluding hydrogens is 277 g/mol. The molecule has 0 unspecified atom stereocenters. The Kier molecular flexibility index (Phi) is 4.69. The minimum atomic E-state index is -0.0607. The van der Waals surface area contributed by atoms with Crippen LogP contribution in [-0.4, -0.2) is 43.7 Å². The number of nitrogens with zero attached hydrogens (tertiary/aromatic N) is 1. The molecule has 1 fully saturated rings. The standard InChI is InChI=1S/C12H13Cl2NO3/c13-9-5-10(14)7-11(6-9)18-8-12(16)15-1-3-17-4-2-15/h5-7H,1-4,8H2. The maximum atomic E-state index is 11.8. The van der Waals surface area contributed by atoms with Gasteiger partial charge in [0.1, 0.15) is 5.75 Å². The molecule has 1 aromatic rings. The molecule has 0 spiro atoms. The first-order valence-corrected chi connectivity index (χ1v) is 6.35. The monoisotopic (exact) mass is 289 g/mol. The molecule has 0 aliphatic carbocycles. The fraction of sp³-hybridized carbons (Fsp3) is 0.417. The largest absolute Gasteiger partial charge is 0.484 e. The van der Waals surface area contributed by atoms with Gasteiger partial charge in [0.25, 0.3) is 5.91 Å². The summed E-state index contributed by atoms with van der Waals surface area (Å²) in [5.74, 6) is 0.434. The summed E-state index contributed by atoms with van der Waals surface area (Å²) < 4.78 is 10.6. The van der Waals surface area contributed by atoms with Crippen molar-refractivity contribution in [3.05, 3.63) is 28.2 Å². The normalized spacial score (nSPS) is 15.6. The number of benzene rings is 1. The molecule has 0 aromatic heterocycles. The first-order chi connectivity index (χ1) is 8.65. The number of amides is 1. The van der Waals surface area contributed by atoms with Crippen LogP contribution in [-0.2, 0) is 9.53 Å². The van der Waals surface area contributed by atoms with E-state index in [1.165, 1.54) is 0 Å². The first-order valence-electron chi connectivity index (χ1n) is 5.59. The van der Waals surface area contributed by atoms with Crippen LogP contribution in [0.4, 0.5) is 0 Å². The lowest BCUT2D eigenvalue weighted by molar-refractivity contribution is -0.137. The lowest BCUT2D eigenvalue weighted by Crippen LogP contribution is -2.42. The Bertz CT molecular complexity index is 413. The summed E-state index contributed by atoms with van der Waals surface area (Å²) in [6.45, 7) is 2.36. The molecule has 2 rings (SSSR count). The zero-order valence-corrected chi connectivity index (χ0v) is 11.2. The summed E-state index contributed by atoms with van der Waals surface area (Å²) in [5.41, 5.74) is 0. The number of carbonyl (C=O) groups excluding carboxylic acids is 1. The zero-order valence-electron chi connectivity index (χ0n) is 9.70. The van der Waals surface area contributed by atoms with Crippen molar-refractivity contribution < 1.29 is 14.3 Å². The van der Waals surface area contributed by atoms with Gasteiger partial charge >= 0.3 is 0 Å². The lowest BCUT2D eigenvalue weighted by atomic mass is 10.3. The van der Waals surface area contributed by atoms with E-state index in [4.69, 9.17) is 32.7 Å². The average molecular weight is 290 g/mol. The summed E-state index contributed by atoms with van der Waals surface area (Å²) >= 11 is 11.7. The predicted octanol–water partition coefficient (Wildman–Crippen LogP) is 2.23. The number of hydrogen-bond donors (Lipinski definition) is 0. The molecule has 4 nitrogen and oxygen atoms in total. The van der Waals surface area contributed by atoms with E-state index in [0.29, 0.717) is 42.1 Å². The highest BCUT2D eigenvalue weighted by Gasteiger charge is 2.17. The summed E-state index contributed by atoms with van der Waals surface area (Å²) in [4.78, 5) is 13.5. The Morgan fingerprint density at radius 3 is 2.44 bits per heavy atom. The molecule has 1 aliphatic heterocycles. The van der Waals surface area contributed by atoms with Crippen LogP contribution < -0.4 is 4.74 Å². The van der Waals surface area contributed by atoms with Gasteiger partial charge in [-0.05, 0) is 18.2 Å². The highest BCUT2D eigenvalue weighted by atomic mass is 35.5. The van der Waals surface area contributed by atoms with Crippen molar-refractivity contribution in [1.29, 1.82) is 0 Å². The number of hydrogen-bond acceptors (Lipinski definition) is 3. The van der Waals surface area contributed by atoms with E-state index < -0.39 is 0 Å². The second kappa shape index (κ2) is 6.27. The third-order valence-corrected chi connectivity index (χ3v) is 3.00. The summed E-state index contributed by atoms with van der Waals surface area (Å²) in [6, 6.07) is 4.86. The predicted molar refractivity (Wildman–Crippen MR) is 69.4 cm³/mol. The van der Waals surface area contributed by atoms with Gasteiger partial charge in [-0.1, -0.05) is 23.2 Å². The summed E-state index contributed by atoms with van der Waals surface area (Å²) in [7, 11) is 0. The first kappa shape index (κ1) is 13.5. The molecule has 1 amide bonds. The van der Waals surface area contributed by atoms with E-state index in [9.17, 15) is 4.79 Å². The highest BCUT2D eigenvalue weighted by molar-refractivity contribution is 6.34. The molecule has 1 aliphatic rings. The Morgan fingerprint density at radius 1 is 1.22 bits per heavy atom. The summed E-state index contributed by atoms with van der Waals surface area (Å²) in [5, 5.41) is 0.965. The fourth-order valence-electron chi connectivity index (χ4n) is 1.66. The molecule has 0 bridgehead atoms. The van der Waals surface area contributed by atoms with Gasteiger partial charge in [-0.15, -0.1) is 0 Å². The van der Waals surface area contributed by atoms with E-state index in [1.807, 2.05) is 0 Å². The van der Waals surface area contributed by atoms with Crippen LogP contribution in [0.1, 0.15) is 0 Å². The highest BCUT2D eigenvalue weighted by Crippen LogP contribution is 2.24. The Labute approximate surface area is 115 Å². The van der Waals surface area contributed by atoms with Crippen molar-refractivity contribution in [1.82, 2.24) is 4.90 Å². The number of ether oxygens (including phenoxy) is 2. The van der Waals surface area contributed by atoms with Gasteiger partial charge in [0.2, 0.25) is 0 Å². The average Bonchev–Trinajstić information content (AvgIpc) is 2.36. The van der Waals surface area contributed by atoms with Gasteiger partial charge in [0, 0.05) is 23.1 Å². The number of halogens is 2. The number of morpholine rings is 1. The molecule has 18 heavy (non-hydrogen) atoms. The van der Waals surface area contributed by atoms with Crippen molar-refractivity contribution in [3.63, 3.8) is 0 Å². The fourth-order valence-corrected chi connectivity index (χ4v) is 2.17. The quantitative estimate of drug-likeness (QED) is 0.857. The second-order valence-corrected chi connectivity index (χ2v) is 4.76. The lowest BCUT2D eigenvalue weighted by Gasteiger charge is -2.26. The smallest absolute Gasteiger partial charge is 0.260 e. The van der Waals surface area contributed by atoms with Crippen molar-refractivity contribution in [2.45, 2.75) is 0 Å². The van der Waals surface area contributed by atoms with E-state index in [1.54, 1.807) is 23.1 Å². The van der Waals surface area contributed by atoms with Crippen molar-refractivity contribution in [2.24, 2.45) is 0 Å². The van der Waals surface area contributed by atoms with Gasteiger partial charge in [-0.2, -0.15) is 0 Å². The van der Waals surface area contributed by atoms with Crippen LogP contribution in [0.25, 0.3) is 0 Å². The van der Waals surface area contributed by atoms with Crippen LogP contribution in [0.3, 0.4) is 0 Å². The van der Waals surface area contributed by atoms with Gasteiger partial charge < -0.3 is 14.4 Å². The maximum absolute atomic E-state index is 11.8. The molecule has 0 atom stereocenters. The Balaban J connectivity index is 1.88. The molecule has 98 valence electrons. The SMILES string of the molecule is O=C(COc1cc(Cl)cc(Cl)c1)N1CCOCC1. The van der Waals surface area contributed by atoms with E-state index in [2.05, 4.69) is 0 Å².